The third-order valence-electron chi connectivity index (χ3n) is 4.04. The fraction of sp³-hybridized carbons (Fsp3) is 0.158. The van der Waals surface area contributed by atoms with E-state index < -0.39 is 5.56 Å². The van der Waals surface area contributed by atoms with Gasteiger partial charge in [0.15, 0.2) is 0 Å². The van der Waals surface area contributed by atoms with Gasteiger partial charge in [-0.05, 0) is 35.9 Å². The van der Waals surface area contributed by atoms with Crippen LogP contribution in [0.5, 0.6) is 5.75 Å². The molecule has 0 saturated carbocycles. The molecule has 0 unspecified atom stereocenters. The quantitative estimate of drug-likeness (QED) is 0.588. The van der Waals surface area contributed by atoms with Gasteiger partial charge in [0.25, 0.3) is 5.56 Å². The van der Waals surface area contributed by atoms with Gasteiger partial charge in [0.1, 0.15) is 10.8 Å². The average Bonchev–Trinajstić information content (AvgIpc) is 2.66. The number of anilines is 1. The van der Waals surface area contributed by atoms with Crippen molar-refractivity contribution in [3.05, 3.63) is 79.6 Å². The highest BCUT2D eigenvalue weighted by atomic mass is 35.5. The number of benzene rings is 2. The molecule has 5 nitrogen and oxygen atoms in total. The lowest BCUT2D eigenvalue weighted by Gasteiger charge is -2.21. The van der Waals surface area contributed by atoms with Crippen LogP contribution in [0.4, 0.5) is 5.69 Å². The molecule has 0 aliphatic carbocycles. The maximum atomic E-state index is 12.2. The number of aromatic nitrogens is 2. The lowest BCUT2D eigenvalue weighted by molar-refractivity contribution is 0.414. The summed E-state index contributed by atoms with van der Waals surface area (Å²) in [7, 11) is 3.57. The number of methoxy groups -OCH3 is 1. The lowest BCUT2D eigenvalue weighted by atomic mass is 10.2. The summed E-state index contributed by atoms with van der Waals surface area (Å²) < 4.78 is 6.33. The third-order valence-corrected chi connectivity index (χ3v) is 5.09. The van der Waals surface area contributed by atoms with E-state index in [2.05, 4.69) is 5.10 Å². The second kappa shape index (κ2) is 8.21. The van der Waals surface area contributed by atoms with Crippen LogP contribution in [0.25, 0.3) is 5.69 Å². The molecule has 0 spiro atoms. The standard InChI is InChI=1S/C19H16Cl3N3O2/c1-24(11-12-3-6-14(27-2)7-4-12)17-8-5-13(9-15(17)20)25-19(26)18(22)16(21)10-23-25/h3-10H,11H2,1-2H3. The van der Waals surface area contributed by atoms with Gasteiger partial charge in [0, 0.05) is 13.6 Å². The molecule has 2 aromatic carbocycles. The number of ether oxygens (including phenoxy) is 1. The smallest absolute Gasteiger partial charge is 0.291 e. The number of halogens is 3. The minimum Gasteiger partial charge on any atom is -0.497 e. The maximum Gasteiger partial charge on any atom is 0.291 e. The van der Waals surface area contributed by atoms with Crippen LogP contribution in [0.2, 0.25) is 15.1 Å². The molecule has 1 aromatic heterocycles. The van der Waals surface area contributed by atoms with E-state index in [0.717, 1.165) is 21.7 Å². The van der Waals surface area contributed by atoms with Gasteiger partial charge in [-0.3, -0.25) is 4.79 Å². The molecule has 0 amide bonds. The van der Waals surface area contributed by atoms with Gasteiger partial charge in [0.05, 0.1) is 34.7 Å². The van der Waals surface area contributed by atoms with E-state index in [0.29, 0.717) is 17.3 Å². The summed E-state index contributed by atoms with van der Waals surface area (Å²) in [6, 6.07) is 13.1. The van der Waals surface area contributed by atoms with Crippen LogP contribution < -0.4 is 15.2 Å². The van der Waals surface area contributed by atoms with E-state index in [1.54, 1.807) is 19.2 Å². The van der Waals surface area contributed by atoms with Crippen molar-refractivity contribution in [3.8, 4) is 11.4 Å². The molecule has 0 atom stereocenters. The number of hydrogen-bond donors (Lipinski definition) is 0. The maximum absolute atomic E-state index is 12.2. The first kappa shape index (κ1) is 19.5. The van der Waals surface area contributed by atoms with Crippen LogP contribution in [0.15, 0.2) is 53.5 Å². The minimum absolute atomic E-state index is 0.0801. The molecule has 3 rings (SSSR count). The highest BCUT2D eigenvalue weighted by molar-refractivity contribution is 6.41. The zero-order chi connectivity index (χ0) is 19.6. The summed E-state index contributed by atoms with van der Waals surface area (Å²) in [6.45, 7) is 0.661. The van der Waals surface area contributed by atoms with E-state index in [4.69, 9.17) is 39.5 Å². The predicted octanol–water partition coefficient (Wildman–Crippen LogP) is 4.84. The van der Waals surface area contributed by atoms with Gasteiger partial charge >= 0.3 is 0 Å². The van der Waals surface area contributed by atoms with Crippen LogP contribution in [0, 0.1) is 0 Å². The SMILES string of the molecule is COc1ccc(CN(C)c2ccc(-n3ncc(Cl)c(Cl)c3=O)cc2Cl)cc1. The van der Waals surface area contributed by atoms with Crippen LogP contribution in [-0.4, -0.2) is 23.9 Å². The topological polar surface area (TPSA) is 47.4 Å². The number of nitrogens with zero attached hydrogens (tertiary/aromatic N) is 3. The van der Waals surface area contributed by atoms with E-state index in [1.165, 1.54) is 6.20 Å². The van der Waals surface area contributed by atoms with Gasteiger partial charge in [-0.1, -0.05) is 46.9 Å². The zero-order valence-electron chi connectivity index (χ0n) is 14.6. The fourth-order valence-electron chi connectivity index (χ4n) is 2.62. The van der Waals surface area contributed by atoms with Gasteiger partial charge < -0.3 is 9.64 Å². The minimum atomic E-state index is -0.500. The molecule has 27 heavy (non-hydrogen) atoms. The van der Waals surface area contributed by atoms with Gasteiger partial charge in [-0.25, -0.2) is 0 Å². The molecular weight excluding hydrogens is 409 g/mol. The number of rotatable bonds is 5. The first-order valence-electron chi connectivity index (χ1n) is 7.98. The Morgan fingerprint density at radius 3 is 2.41 bits per heavy atom. The second-order valence-electron chi connectivity index (χ2n) is 5.86. The molecule has 1 heterocycles. The highest BCUT2D eigenvalue weighted by Crippen LogP contribution is 2.28. The fourth-order valence-corrected chi connectivity index (χ4v) is 3.20. The Bertz CT molecular complexity index is 1020. The summed E-state index contributed by atoms with van der Waals surface area (Å²) in [5.74, 6) is 0.809. The van der Waals surface area contributed by atoms with Gasteiger partial charge in [-0.15, -0.1) is 0 Å². The average molecular weight is 425 g/mol. The van der Waals surface area contributed by atoms with E-state index in [9.17, 15) is 4.79 Å². The van der Waals surface area contributed by atoms with Crippen molar-refractivity contribution < 1.29 is 4.74 Å². The van der Waals surface area contributed by atoms with E-state index in [-0.39, 0.29) is 10.0 Å². The Morgan fingerprint density at radius 2 is 1.78 bits per heavy atom. The summed E-state index contributed by atoms with van der Waals surface area (Å²) >= 11 is 18.2. The van der Waals surface area contributed by atoms with Crippen LogP contribution in [0.3, 0.4) is 0 Å². The molecular formula is C19H16Cl3N3O2. The normalized spacial score (nSPS) is 10.7. The van der Waals surface area contributed by atoms with Crippen LogP contribution >= 0.6 is 34.8 Å². The molecule has 0 aliphatic rings. The Morgan fingerprint density at radius 1 is 1.07 bits per heavy atom. The predicted molar refractivity (Wildman–Crippen MR) is 110 cm³/mol. The van der Waals surface area contributed by atoms with Crippen molar-refractivity contribution in [2.24, 2.45) is 0 Å². The molecule has 140 valence electrons. The van der Waals surface area contributed by atoms with Crippen LogP contribution in [0.1, 0.15) is 5.56 Å². The molecule has 0 fully saturated rings. The Labute approximate surface area is 171 Å². The van der Waals surface area contributed by atoms with Crippen molar-refractivity contribution in [1.82, 2.24) is 9.78 Å². The summed E-state index contributed by atoms with van der Waals surface area (Å²) in [5.41, 5.74) is 1.94. The lowest BCUT2D eigenvalue weighted by Crippen LogP contribution is -2.22. The zero-order valence-corrected chi connectivity index (χ0v) is 16.9. The summed E-state index contributed by atoms with van der Waals surface area (Å²) in [4.78, 5) is 14.2. The van der Waals surface area contributed by atoms with Crippen LogP contribution in [-0.2, 0) is 6.54 Å². The van der Waals surface area contributed by atoms with Crippen molar-refractivity contribution in [2.75, 3.05) is 19.1 Å². The Balaban J connectivity index is 1.86. The molecule has 0 N–H and O–H groups in total. The second-order valence-corrected chi connectivity index (χ2v) is 7.06. The molecule has 8 heteroatoms. The summed E-state index contributed by atoms with van der Waals surface area (Å²) in [5, 5.41) is 4.53. The summed E-state index contributed by atoms with van der Waals surface area (Å²) in [6.07, 6.45) is 1.32. The number of hydrogen-bond acceptors (Lipinski definition) is 4. The van der Waals surface area contributed by atoms with Crippen molar-refractivity contribution in [1.29, 1.82) is 0 Å². The van der Waals surface area contributed by atoms with Gasteiger partial charge in [0.2, 0.25) is 0 Å². The molecule has 0 saturated heterocycles. The Hall–Kier alpha value is -2.21. The largest absolute Gasteiger partial charge is 0.497 e. The first-order chi connectivity index (χ1) is 12.9. The van der Waals surface area contributed by atoms with Crippen molar-refractivity contribution in [2.45, 2.75) is 6.54 Å². The highest BCUT2D eigenvalue weighted by Gasteiger charge is 2.12. The first-order valence-corrected chi connectivity index (χ1v) is 9.11. The molecule has 3 aromatic rings. The van der Waals surface area contributed by atoms with E-state index >= 15 is 0 Å². The van der Waals surface area contributed by atoms with E-state index in [1.807, 2.05) is 42.3 Å². The Kier molecular flexibility index (Phi) is 5.95. The van der Waals surface area contributed by atoms with Crippen molar-refractivity contribution in [3.63, 3.8) is 0 Å². The molecule has 0 bridgehead atoms. The molecule has 0 radical (unpaired) electrons. The third kappa shape index (κ3) is 4.21. The molecule has 0 aliphatic heterocycles. The van der Waals surface area contributed by atoms with Gasteiger partial charge in [-0.2, -0.15) is 9.78 Å². The van der Waals surface area contributed by atoms with Crippen molar-refractivity contribution >= 4 is 40.5 Å². The monoisotopic (exact) mass is 423 g/mol.